The van der Waals surface area contributed by atoms with Gasteiger partial charge in [0.2, 0.25) is 0 Å². The van der Waals surface area contributed by atoms with Gasteiger partial charge in [-0.15, -0.1) is 11.3 Å². The smallest absolute Gasteiger partial charge is 0.335 e. The van der Waals surface area contributed by atoms with Crippen molar-refractivity contribution in [2.75, 3.05) is 0 Å². The molecule has 0 saturated carbocycles. The number of carbonyl (C=O) groups excluding carboxylic acids is 1. The molecule has 0 aliphatic carbocycles. The zero-order chi connectivity index (χ0) is 15.4. The molecule has 2 rings (SSSR count). The van der Waals surface area contributed by atoms with Gasteiger partial charge in [0.1, 0.15) is 0 Å². The van der Waals surface area contributed by atoms with E-state index < -0.39 is 5.97 Å². The Bertz CT molecular complexity index is 646. The number of carboxylic acid groups (broad SMARTS) is 1. The standard InChI is InChI=1S/C16H17NO3S/c1-10(9-14-8-3-11(2)21-14)17-15(18)12-4-6-13(7-5-12)16(19)20/h3-8,10H,9H2,1-2H3,(H,17,18)(H,19,20). The molecule has 0 bridgehead atoms. The number of carboxylic acids is 1. The van der Waals surface area contributed by atoms with Crippen LogP contribution in [0.25, 0.3) is 0 Å². The SMILES string of the molecule is Cc1ccc(CC(C)NC(=O)c2ccc(C(=O)O)cc2)s1. The summed E-state index contributed by atoms with van der Waals surface area (Å²) in [7, 11) is 0. The summed E-state index contributed by atoms with van der Waals surface area (Å²) in [5.74, 6) is -1.18. The first kappa shape index (κ1) is 15.3. The molecule has 0 spiro atoms. The van der Waals surface area contributed by atoms with Crippen molar-refractivity contribution < 1.29 is 14.7 Å². The lowest BCUT2D eigenvalue weighted by Gasteiger charge is -2.13. The second kappa shape index (κ2) is 6.54. The van der Waals surface area contributed by atoms with Crippen molar-refractivity contribution >= 4 is 23.2 Å². The molecule has 1 heterocycles. The number of hydrogen-bond donors (Lipinski definition) is 2. The average Bonchev–Trinajstić information content (AvgIpc) is 2.83. The maximum atomic E-state index is 12.1. The number of rotatable bonds is 5. The van der Waals surface area contributed by atoms with Crippen LogP contribution < -0.4 is 5.32 Å². The largest absolute Gasteiger partial charge is 0.478 e. The van der Waals surface area contributed by atoms with Gasteiger partial charge < -0.3 is 10.4 Å². The molecule has 5 heteroatoms. The zero-order valence-electron chi connectivity index (χ0n) is 11.9. The van der Waals surface area contributed by atoms with Crippen LogP contribution in [0.2, 0.25) is 0 Å². The van der Waals surface area contributed by atoms with E-state index in [4.69, 9.17) is 5.11 Å². The Balaban J connectivity index is 1.95. The zero-order valence-corrected chi connectivity index (χ0v) is 12.7. The lowest BCUT2D eigenvalue weighted by atomic mass is 10.1. The van der Waals surface area contributed by atoms with Crippen molar-refractivity contribution in [1.29, 1.82) is 0 Å². The minimum absolute atomic E-state index is 0.0229. The lowest BCUT2D eigenvalue weighted by molar-refractivity contribution is 0.0696. The first-order valence-electron chi connectivity index (χ1n) is 6.65. The van der Waals surface area contributed by atoms with Gasteiger partial charge in [0, 0.05) is 27.8 Å². The summed E-state index contributed by atoms with van der Waals surface area (Å²) in [4.78, 5) is 25.3. The fourth-order valence-electron chi connectivity index (χ4n) is 2.02. The van der Waals surface area contributed by atoms with Crippen LogP contribution in [0, 0.1) is 6.92 Å². The molecule has 4 nitrogen and oxygen atoms in total. The van der Waals surface area contributed by atoms with Crippen molar-refractivity contribution in [3.63, 3.8) is 0 Å². The molecule has 110 valence electrons. The molecule has 1 aromatic heterocycles. The Labute approximate surface area is 127 Å². The van der Waals surface area contributed by atoms with Crippen LogP contribution in [0.15, 0.2) is 36.4 Å². The maximum Gasteiger partial charge on any atom is 0.335 e. The number of amides is 1. The highest BCUT2D eigenvalue weighted by molar-refractivity contribution is 7.11. The van der Waals surface area contributed by atoms with Crippen molar-refractivity contribution in [3.8, 4) is 0 Å². The Kier molecular flexibility index (Phi) is 4.75. The predicted octanol–water partition coefficient (Wildman–Crippen LogP) is 3.12. The molecule has 1 aromatic carbocycles. The van der Waals surface area contributed by atoms with Crippen LogP contribution in [0.3, 0.4) is 0 Å². The van der Waals surface area contributed by atoms with E-state index in [1.807, 2.05) is 6.92 Å². The third kappa shape index (κ3) is 4.16. The van der Waals surface area contributed by atoms with E-state index in [2.05, 4.69) is 24.4 Å². The van der Waals surface area contributed by atoms with Crippen molar-refractivity contribution in [2.24, 2.45) is 0 Å². The van der Waals surface area contributed by atoms with E-state index in [9.17, 15) is 9.59 Å². The fraction of sp³-hybridized carbons (Fsp3) is 0.250. The van der Waals surface area contributed by atoms with Gasteiger partial charge in [-0.25, -0.2) is 4.79 Å². The summed E-state index contributed by atoms with van der Waals surface area (Å²) in [5.41, 5.74) is 0.642. The Morgan fingerprint density at radius 1 is 1.14 bits per heavy atom. The number of aromatic carboxylic acids is 1. The van der Waals surface area contributed by atoms with Crippen LogP contribution >= 0.6 is 11.3 Å². The van der Waals surface area contributed by atoms with Gasteiger partial charge in [0.15, 0.2) is 0 Å². The van der Waals surface area contributed by atoms with Crippen LogP contribution in [-0.4, -0.2) is 23.0 Å². The van der Waals surface area contributed by atoms with E-state index in [0.717, 1.165) is 6.42 Å². The molecule has 2 N–H and O–H groups in total. The molecule has 0 saturated heterocycles. The summed E-state index contributed by atoms with van der Waals surface area (Å²) in [6.45, 7) is 4.01. The van der Waals surface area contributed by atoms with Crippen LogP contribution in [0.5, 0.6) is 0 Å². The lowest BCUT2D eigenvalue weighted by Crippen LogP contribution is -2.33. The fourth-order valence-corrected chi connectivity index (χ4v) is 3.04. The molecular formula is C16H17NO3S. The summed E-state index contributed by atoms with van der Waals surface area (Å²) in [6, 6.07) is 10.1. The number of hydrogen-bond acceptors (Lipinski definition) is 3. The average molecular weight is 303 g/mol. The predicted molar refractivity (Wildman–Crippen MR) is 83.1 cm³/mol. The van der Waals surface area contributed by atoms with Crippen LogP contribution in [-0.2, 0) is 6.42 Å². The topological polar surface area (TPSA) is 66.4 Å². The molecule has 0 aliphatic rings. The van der Waals surface area contributed by atoms with Gasteiger partial charge in [0.25, 0.3) is 5.91 Å². The molecule has 2 aromatic rings. The molecule has 0 radical (unpaired) electrons. The minimum Gasteiger partial charge on any atom is -0.478 e. The maximum absolute atomic E-state index is 12.1. The second-order valence-corrected chi connectivity index (χ2v) is 6.35. The highest BCUT2D eigenvalue weighted by Gasteiger charge is 2.12. The first-order chi connectivity index (χ1) is 9.95. The second-order valence-electron chi connectivity index (χ2n) is 4.97. The molecule has 21 heavy (non-hydrogen) atoms. The summed E-state index contributed by atoms with van der Waals surface area (Å²) < 4.78 is 0. The molecule has 1 unspecified atom stereocenters. The number of aryl methyl sites for hydroxylation is 1. The molecular weight excluding hydrogens is 286 g/mol. The van der Waals surface area contributed by atoms with Gasteiger partial charge in [0.05, 0.1) is 5.56 Å². The van der Waals surface area contributed by atoms with E-state index in [1.165, 1.54) is 34.0 Å². The number of benzene rings is 1. The Morgan fingerprint density at radius 3 is 2.29 bits per heavy atom. The quantitative estimate of drug-likeness (QED) is 0.892. The van der Waals surface area contributed by atoms with E-state index in [1.54, 1.807) is 11.3 Å². The summed E-state index contributed by atoms with van der Waals surface area (Å²) in [5, 5.41) is 11.7. The van der Waals surface area contributed by atoms with Crippen molar-refractivity contribution in [1.82, 2.24) is 5.32 Å². The van der Waals surface area contributed by atoms with Gasteiger partial charge in [-0.1, -0.05) is 0 Å². The molecule has 1 atom stereocenters. The third-order valence-electron chi connectivity index (χ3n) is 3.07. The van der Waals surface area contributed by atoms with E-state index in [0.29, 0.717) is 5.56 Å². The van der Waals surface area contributed by atoms with Gasteiger partial charge >= 0.3 is 5.97 Å². The summed E-state index contributed by atoms with van der Waals surface area (Å²) >= 11 is 1.73. The molecule has 0 fully saturated rings. The van der Waals surface area contributed by atoms with Gasteiger partial charge in [-0.2, -0.15) is 0 Å². The van der Waals surface area contributed by atoms with E-state index in [-0.39, 0.29) is 17.5 Å². The normalized spacial score (nSPS) is 11.9. The number of nitrogens with one attached hydrogen (secondary N) is 1. The molecule has 0 aliphatic heterocycles. The van der Waals surface area contributed by atoms with Crippen molar-refractivity contribution in [2.45, 2.75) is 26.3 Å². The number of thiophene rings is 1. The third-order valence-corrected chi connectivity index (χ3v) is 4.10. The minimum atomic E-state index is -0.997. The highest BCUT2D eigenvalue weighted by Crippen LogP contribution is 2.16. The van der Waals surface area contributed by atoms with Gasteiger partial charge in [-0.3, -0.25) is 4.79 Å². The monoisotopic (exact) mass is 303 g/mol. The Hall–Kier alpha value is -2.14. The van der Waals surface area contributed by atoms with Crippen LogP contribution in [0.4, 0.5) is 0 Å². The Morgan fingerprint density at radius 2 is 1.76 bits per heavy atom. The summed E-state index contributed by atoms with van der Waals surface area (Å²) in [6.07, 6.45) is 0.789. The number of carbonyl (C=O) groups is 2. The van der Waals surface area contributed by atoms with Gasteiger partial charge in [-0.05, 0) is 50.2 Å². The highest BCUT2D eigenvalue weighted by atomic mass is 32.1. The van der Waals surface area contributed by atoms with Crippen molar-refractivity contribution in [3.05, 3.63) is 57.3 Å². The van der Waals surface area contributed by atoms with Crippen LogP contribution in [0.1, 0.15) is 37.4 Å². The molecule has 1 amide bonds. The van der Waals surface area contributed by atoms with E-state index >= 15 is 0 Å². The first-order valence-corrected chi connectivity index (χ1v) is 7.47.